The first-order chi connectivity index (χ1) is 8.04. The largest absolute Gasteiger partial charge is 0.433 e. The van der Waals surface area contributed by atoms with Crippen LogP contribution in [0.15, 0.2) is 12.3 Å². The SMILES string of the molecule is OCCCCCNc1nccc(C(F)(F)F)n1. The molecule has 0 unspecified atom stereocenters. The van der Waals surface area contributed by atoms with E-state index in [1.54, 1.807) is 0 Å². The van der Waals surface area contributed by atoms with Crippen molar-refractivity contribution in [1.29, 1.82) is 0 Å². The number of aliphatic hydroxyl groups excluding tert-OH is 1. The number of hydrogen-bond donors (Lipinski definition) is 2. The van der Waals surface area contributed by atoms with E-state index in [0.717, 1.165) is 25.1 Å². The van der Waals surface area contributed by atoms with E-state index in [1.807, 2.05) is 0 Å². The van der Waals surface area contributed by atoms with Gasteiger partial charge in [0.1, 0.15) is 5.69 Å². The van der Waals surface area contributed by atoms with E-state index >= 15 is 0 Å². The summed E-state index contributed by atoms with van der Waals surface area (Å²) in [4.78, 5) is 7.06. The van der Waals surface area contributed by atoms with E-state index in [1.165, 1.54) is 0 Å². The highest BCUT2D eigenvalue weighted by atomic mass is 19.4. The highest BCUT2D eigenvalue weighted by Gasteiger charge is 2.32. The molecule has 2 N–H and O–H groups in total. The molecular weight excluding hydrogens is 235 g/mol. The molecule has 1 rings (SSSR count). The smallest absolute Gasteiger partial charge is 0.396 e. The van der Waals surface area contributed by atoms with E-state index in [4.69, 9.17) is 5.11 Å². The Morgan fingerprint density at radius 3 is 2.65 bits per heavy atom. The lowest BCUT2D eigenvalue weighted by atomic mass is 10.2. The highest BCUT2D eigenvalue weighted by molar-refractivity contribution is 5.25. The molecule has 0 amide bonds. The van der Waals surface area contributed by atoms with Crippen molar-refractivity contribution in [2.75, 3.05) is 18.5 Å². The molecule has 17 heavy (non-hydrogen) atoms. The van der Waals surface area contributed by atoms with Crippen molar-refractivity contribution in [3.63, 3.8) is 0 Å². The quantitative estimate of drug-likeness (QED) is 0.758. The van der Waals surface area contributed by atoms with Gasteiger partial charge in [0.15, 0.2) is 0 Å². The van der Waals surface area contributed by atoms with Gasteiger partial charge < -0.3 is 10.4 Å². The third kappa shape index (κ3) is 4.99. The molecule has 1 heterocycles. The number of unbranched alkanes of at least 4 members (excludes halogenated alkanes) is 2. The van der Waals surface area contributed by atoms with Crippen LogP contribution in [0.4, 0.5) is 19.1 Å². The number of aromatic nitrogens is 2. The van der Waals surface area contributed by atoms with E-state index in [9.17, 15) is 13.2 Å². The van der Waals surface area contributed by atoms with E-state index < -0.39 is 11.9 Å². The minimum Gasteiger partial charge on any atom is -0.396 e. The molecule has 0 aliphatic heterocycles. The molecule has 0 atom stereocenters. The van der Waals surface area contributed by atoms with Crippen LogP contribution in [0.25, 0.3) is 0 Å². The fraction of sp³-hybridized carbons (Fsp3) is 0.600. The van der Waals surface area contributed by atoms with Crippen LogP contribution in [0.1, 0.15) is 25.0 Å². The summed E-state index contributed by atoms with van der Waals surface area (Å²) in [5.41, 5.74) is -0.953. The van der Waals surface area contributed by atoms with Crippen molar-refractivity contribution in [3.8, 4) is 0 Å². The molecule has 96 valence electrons. The van der Waals surface area contributed by atoms with E-state index in [2.05, 4.69) is 15.3 Å². The Bertz CT molecular complexity index is 344. The summed E-state index contributed by atoms with van der Waals surface area (Å²) >= 11 is 0. The van der Waals surface area contributed by atoms with Crippen LogP contribution in [0.5, 0.6) is 0 Å². The highest BCUT2D eigenvalue weighted by Crippen LogP contribution is 2.27. The average Bonchev–Trinajstić information content (AvgIpc) is 2.28. The molecule has 0 aliphatic carbocycles. The standard InChI is InChI=1S/C10H14F3N3O/c11-10(12,13)8-4-6-15-9(16-8)14-5-2-1-3-7-17/h4,6,17H,1-3,5,7H2,(H,14,15,16). The number of anilines is 1. The average molecular weight is 249 g/mol. The number of alkyl halides is 3. The van der Waals surface area contributed by atoms with E-state index in [0.29, 0.717) is 13.0 Å². The summed E-state index contributed by atoms with van der Waals surface area (Å²) in [5, 5.41) is 11.3. The van der Waals surface area contributed by atoms with Gasteiger partial charge in [-0.25, -0.2) is 9.97 Å². The summed E-state index contributed by atoms with van der Waals surface area (Å²) in [6, 6.07) is 0.830. The number of rotatable bonds is 6. The molecule has 0 aromatic carbocycles. The van der Waals surface area contributed by atoms with Gasteiger partial charge in [-0.1, -0.05) is 0 Å². The van der Waals surface area contributed by atoms with Gasteiger partial charge in [0.2, 0.25) is 5.95 Å². The minimum absolute atomic E-state index is 0.0242. The number of hydrogen-bond acceptors (Lipinski definition) is 4. The molecule has 1 aromatic heterocycles. The Kier molecular flexibility index (Phi) is 5.14. The van der Waals surface area contributed by atoms with Gasteiger partial charge in [-0.05, 0) is 25.3 Å². The van der Waals surface area contributed by atoms with Crippen molar-refractivity contribution in [2.45, 2.75) is 25.4 Å². The molecule has 7 heteroatoms. The third-order valence-corrected chi connectivity index (χ3v) is 2.06. The van der Waals surface area contributed by atoms with Gasteiger partial charge in [0.25, 0.3) is 0 Å². The number of halogens is 3. The first kappa shape index (κ1) is 13.7. The Balaban J connectivity index is 2.44. The second-order valence-electron chi connectivity index (χ2n) is 3.47. The monoisotopic (exact) mass is 249 g/mol. The normalized spacial score (nSPS) is 11.5. The van der Waals surface area contributed by atoms with Crippen LogP contribution in [-0.4, -0.2) is 28.2 Å². The second kappa shape index (κ2) is 6.39. The molecule has 0 saturated carbocycles. The van der Waals surface area contributed by atoms with Crippen LogP contribution in [0.2, 0.25) is 0 Å². The molecular formula is C10H14F3N3O. The minimum atomic E-state index is -4.45. The second-order valence-corrected chi connectivity index (χ2v) is 3.47. The Hall–Kier alpha value is -1.37. The van der Waals surface area contributed by atoms with Gasteiger partial charge >= 0.3 is 6.18 Å². The fourth-order valence-electron chi connectivity index (χ4n) is 1.22. The summed E-state index contributed by atoms with van der Waals surface area (Å²) in [7, 11) is 0. The van der Waals surface area contributed by atoms with Crippen molar-refractivity contribution in [3.05, 3.63) is 18.0 Å². The lowest BCUT2D eigenvalue weighted by Crippen LogP contribution is -2.12. The molecule has 0 saturated heterocycles. The first-order valence-electron chi connectivity index (χ1n) is 5.29. The summed E-state index contributed by atoms with van der Waals surface area (Å²) in [6.45, 7) is 0.612. The maximum Gasteiger partial charge on any atom is 0.433 e. The number of aliphatic hydroxyl groups is 1. The Morgan fingerprint density at radius 1 is 1.24 bits per heavy atom. The maximum absolute atomic E-state index is 12.3. The number of nitrogens with one attached hydrogen (secondary N) is 1. The van der Waals surface area contributed by atoms with Crippen LogP contribution < -0.4 is 5.32 Å². The maximum atomic E-state index is 12.3. The molecule has 1 aromatic rings. The third-order valence-electron chi connectivity index (χ3n) is 2.06. The Morgan fingerprint density at radius 2 is 2.00 bits per heavy atom. The lowest BCUT2D eigenvalue weighted by molar-refractivity contribution is -0.141. The Labute approximate surface area is 96.9 Å². The topological polar surface area (TPSA) is 58.0 Å². The summed E-state index contributed by atoms with van der Waals surface area (Å²) < 4.78 is 36.9. The van der Waals surface area contributed by atoms with Gasteiger partial charge in [-0.3, -0.25) is 0 Å². The zero-order chi connectivity index (χ0) is 12.7. The van der Waals surface area contributed by atoms with Crippen LogP contribution in [0.3, 0.4) is 0 Å². The predicted molar refractivity (Wildman–Crippen MR) is 56.5 cm³/mol. The molecule has 0 aliphatic rings. The fourth-order valence-corrected chi connectivity index (χ4v) is 1.22. The van der Waals surface area contributed by atoms with Gasteiger partial charge in [0.05, 0.1) is 0 Å². The van der Waals surface area contributed by atoms with Crippen LogP contribution >= 0.6 is 0 Å². The molecule has 0 radical (unpaired) electrons. The van der Waals surface area contributed by atoms with E-state index in [-0.39, 0.29) is 12.6 Å². The van der Waals surface area contributed by atoms with Gasteiger partial charge in [-0.2, -0.15) is 13.2 Å². The molecule has 4 nitrogen and oxygen atoms in total. The summed E-state index contributed by atoms with van der Waals surface area (Å²) in [5.74, 6) is -0.0242. The van der Waals surface area contributed by atoms with Crippen molar-refractivity contribution < 1.29 is 18.3 Å². The van der Waals surface area contributed by atoms with Crippen molar-refractivity contribution in [2.24, 2.45) is 0 Å². The van der Waals surface area contributed by atoms with Crippen LogP contribution in [-0.2, 0) is 6.18 Å². The molecule has 0 fully saturated rings. The lowest BCUT2D eigenvalue weighted by Gasteiger charge is -2.08. The zero-order valence-electron chi connectivity index (χ0n) is 9.17. The molecule has 0 spiro atoms. The molecule has 0 bridgehead atoms. The van der Waals surface area contributed by atoms with Crippen molar-refractivity contribution in [1.82, 2.24) is 9.97 Å². The van der Waals surface area contributed by atoms with Crippen LogP contribution in [0, 0.1) is 0 Å². The van der Waals surface area contributed by atoms with Crippen molar-refractivity contribution >= 4 is 5.95 Å². The number of nitrogens with zero attached hydrogens (tertiary/aromatic N) is 2. The predicted octanol–water partition coefficient (Wildman–Crippen LogP) is 2.07. The zero-order valence-corrected chi connectivity index (χ0v) is 9.17. The first-order valence-corrected chi connectivity index (χ1v) is 5.29. The van der Waals surface area contributed by atoms with Gasteiger partial charge in [0, 0.05) is 19.3 Å². The van der Waals surface area contributed by atoms with Gasteiger partial charge in [-0.15, -0.1) is 0 Å². The summed E-state index contributed by atoms with van der Waals surface area (Å²) in [6.07, 6.45) is -1.13.